The molecule has 62 valence electrons. The van der Waals surface area contributed by atoms with Crippen LogP contribution in [0.3, 0.4) is 0 Å². The maximum Gasteiger partial charge on any atom is 0.265 e. The molecule has 6 heteroatoms. The second-order valence-electron chi connectivity index (χ2n) is 1.39. The lowest BCUT2D eigenvalue weighted by Gasteiger charge is -2.10. The van der Waals surface area contributed by atoms with Gasteiger partial charge in [-0.3, -0.25) is 5.41 Å². The van der Waals surface area contributed by atoms with Gasteiger partial charge in [-0.15, -0.1) is 0 Å². The largest absolute Gasteiger partial charge is 0.465 e. The van der Waals surface area contributed by atoms with Gasteiger partial charge in [-0.05, 0) is 10.8 Å². The number of hydrogen-bond acceptors (Lipinski definition) is 2. The van der Waals surface area contributed by atoms with E-state index in [1.54, 1.807) is 0 Å². The predicted octanol–water partition coefficient (Wildman–Crippen LogP) is 2.71. The molecule has 0 radical (unpaired) electrons. The number of alkyl halides is 3. The first-order valence-electron chi connectivity index (χ1n) is 2.35. The molecule has 0 bridgehead atoms. The molecule has 0 aliphatic carbocycles. The quantitative estimate of drug-likeness (QED) is 0.340. The number of ether oxygens (including phenoxy) is 1. The zero-order chi connectivity index (χ0) is 8.91. The molecular weight excluding hydrogens is 276 g/mol. The van der Waals surface area contributed by atoms with Crippen molar-refractivity contribution in [2.45, 2.75) is 3.79 Å². The summed E-state index contributed by atoms with van der Waals surface area (Å²) in [7, 11) is 0. The van der Waals surface area contributed by atoms with E-state index in [2.05, 4.69) is 31.4 Å². The van der Waals surface area contributed by atoms with E-state index in [-0.39, 0.29) is 6.61 Å². The lowest BCUT2D eigenvalue weighted by Crippen LogP contribution is -2.21. The van der Waals surface area contributed by atoms with Crippen molar-refractivity contribution >= 4 is 56.6 Å². The fraction of sp³-hybridized carbons (Fsp3) is 0.400. The molecule has 0 aromatic rings. The van der Waals surface area contributed by atoms with Crippen molar-refractivity contribution in [3.63, 3.8) is 0 Å². The highest BCUT2D eigenvalue weighted by Crippen LogP contribution is 2.27. The van der Waals surface area contributed by atoms with Crippen LogP contribution in [0.25, 0.3) is 0 Å². The van der Waals surface area contributed by atoms with Gasteiger partial charge in [0, 0.05) is 15.9 Å². The molecule has 0 atom stereocenters. The highest BCUT2D eigenvalue weighted by molar-refractivity contribution is 9.12. The van der Waals surface area contributed by atoms with Crippen molar-refractivity contribution in [2.24, 2.45) is 0 Å². The van der Waals surface area contributed by atoms with Gasteiger partial charge in [-0.2, -0.15) is 0 Å². The third-order valence-corrected chi connectivity index (χ3v) is 1.41. The van der Waals surface area contributed by atoms with Crippen LogP contribution in [0.5, 0.6) is 0 Å². The Morgan fingerprint density at radius 1 is 1.55 bits per heavy atom. The van der Waals surface area contributed by atoms with Gasteiger partial charge in [0.05, 0.1) is 0 Å². The van der Waals surface area contributed by atoms with Crippen LogP contribution >= 0.6 is 50.7 Å². The van der Waals surface area contributed by atoms with Gasteiger partial charge in [0.15, 0.2) is 6.61 Å². The average molecular weight is 279 g/mol. The Bertz CT molecular complexity index is 202. The van der Waals surface area contributed by atoms with Gasteiger partial charge >= 0.3 is 0 Å². The van der Waals surface area contributed by atoms with Gasteiger partial charge in [0.2, 0.25) is 5.90 Å². The first-order valence-corrected chi connectivity index (χ1v) is 4.28. The van der Waals surface area contributed by atoms with Crippen LogP contribution in [0.4, 0.5) is 0 Å². The number of rotatable bonds is 1. The van der Waals surface area contributed by atoms with Crippen LogP contribution < -0.4 is 0 Å². The van der Waals surface area contributed by atoms with E-state index in [4.69, 9.17) is 40.2 Å². The van der Waals surface area contributed by atoms with E-state index in [1.807, 2.05) is 0 Å². The topological polar surface area (TPSA) is 33.1 Å². The van der Waals surface area contributed by atoms with E-state index < -0.39 is 9.69 Å². The van der Waals surface area contributed by atoms with Crippen molar-refractivity contribution < 1.29 is 4.74 Å². The minimum absolute atomic E-state index is 0.0258. The second-order valence-corrected chi connectivity index (χ2v) is 4.06. The Labute approximate surface area is 87.8 Å². The van der Waals surface area contributed by atoms with Gasteiger partial charge in [0.1, 0.15) is 0 Å². The highest BCUT2D eigenvalue weighted by atomic mass is 79.9. The summed E-state index contributed by atoms with van der Waals surface area (Å²) < 4.78 is 2.83. The fourth-order valence-corrected chi connectivity index (χ4v) is 0.495. The maximum absolute atomic E-state index is 7.02. The molecule has 2 nitrogen and oxygen atoms in total. The second kappa shape index (κ2) is 5.10. The van der Waals surface area contributed by atoms with Gasteiger partial charge in [-0.1, -0.05) is 34.8 Å². The van der Waals surface area contributed by atoms with Crippen LogP contribution in [0.15, 0.2) is 0 Å². The summed E-state index contributed by atoms with van der Waals surface area (Å²) >= 11 is 18.7. The summed E-state index contributed by atoms with van der Waals surface area (Å²) in [6.45, 7) is 0.0258. The smallest absolute Gasteiger partial charge is 0.265 e. The normalized spacial score (nSPS) is 9.82. The predicted molar refractivity (Wildman–Crippen MR) is 50.7 cm³/mol. The van der Waals surface area contributed by atoms with Crippen LogP contribution in [0.1, 0.15) is 0 Å². The van der Waals surface area contributed by atoms with Crippen molar-refractivity contribution in [1.82, 2.24) is 0 Å². The Morgan fingerprint density at radius 3 is 2.45 bits per heavy atom. The van der Waals surface area contributed by atoms with E-state index >= 15 is 0 Å². The Morgan fingerprint density at radius 2 is 2.09 bits per heavy atom. The lowest BCUT2D eigenvalue weighted by molar-refractivity contribution is 0.347. The van der Waals surface area contributed by atoms with E-state index in [0.717, 1.165) is 0 Å². The molecule has 0 aromatic heterocycles. The summed E-state index contributed by atoms with van der Waals surface area (Å²) in [5.41, 5.74) is 0. The van der Waals surface area contributed by atoms with E-state index in [1.165, 1.54) is 0 Å². The van der Waals surface area contributed by atoms with E-state index in [9.17, 15) is 0 Å². The summed E-state index contributed by atoms with van der Waals surface area (Å²) in [5.74, 6) is 2.05. The minimum Gasteiger partial charge on any atom is -0.465 e. The standard InChI is InChI=1S/C5H3BrCl3NO/c6-2-1-3-11-4(10)5(7,8)9/h10H,3H2. The Balaban J connectivity index is 3.77. The number of nitrogens with one attached hydrogen (secondary N) is 1. The van der Waals surface area contributed by atoms with Crippen LogP contribution in [0.2, 0.25) is 0 Å². The van der Waals surface area contributed by atoms with Gasteiger partial charge in [0.25, 0.3) is 3.79 Å². The molecular formula is C5H3BrCl3NO. The minimum atomic E-state index is -1.80. The molecule has 0 heterocycles. The molecule has 0 rings (SSSR count). The molecule has 1 N–H and O–H groups in total. The van der Waals surface area contributed by atoms with Crippen LogP contribution in [0, 0.1) is 16.2 Å². The first kappa shape index (κ1) is 11.4. The van der Waals surface area contributed by atoms with Gasteiger partial charge in [-0.25, -0.2) is 0 Å². The summed E-state index contributed by atoms with van der Waals surface area (Å²) in [4.78, 5) is 2.39. The third kappa shape index (κ3) is 5.63. The number of halogens is 4. The average Bonchev–Trinajstić information content (AvgIpc) is 1.86. The first-order chi connectivity index (χ1) is 4.98. The lowest BCUT2D eigenvalue weighted by atomic mass is 10.7. The van der Waals surface area contributed by atoms with E-state index in [0.29, 0.717) is 0 Å². The SMILES string of the molecule is N=C(OCC#CBr)C(Cl)(Cl)Cl. The zero-order valence-corrected chi connectivity index (χ0v) is 8.98. The highest BCUT2D eigenvalue weighted by Gasteiger charge is 2.28. The van der Waals surface area contributed by atoms with Crippen molar-refractivity contribution in [2.75, 3.05) is 6.61 Å². The summed E-state index contributed by atoms with van der Waals surface area (Å²) in [6.07, 6.45) is 0. The van der Waals surface area contributed by atoms with Gasteiger partial charge < -0.3 is 4.74 Å². The molecule has 0 saturated carbocycles. The van der Waals surface area contributed by atoms with Crippen LogP contribution in [-0.2, 0) is 4.74 Å². The molecule has 0 amide bonds. The molecule has 11 heavy (non-hydrogen) atoms. The van der Waals surface area contributed by atoms with Crippen molar-refractivity contribution in [3.8, 4) is 10.8 Å². The molecule has 0 unspecified atom stereocenters. The fourth-order valence-electron chi connectivity index (χ4n) is 0.217. The van der Waals surface area contributed by atoms with Crippen molar-refractivity contribution in [1.29, 1.82) is 5.41 Å². The zero-order valence-electron chi connectivity index (χ0n) is 5.13. The third-order valence-electron chi connectivity index (χ3n) is 0.613. The molecule has 0 aliphatic rings. The molecule has 0 aromatic carbocycles. The summed E-state index contributed by atoms with van der Waals surface area (Å²) in [6, 6.07) is 0. The number of hydrogen-bond donors (Lipinski definition) is 1. The molecule has 0 aliphatic heterocycles. The summed E-state index contributed by atoms with van der Waals surface area (Å²) in [5, 5.41) is 7.02. The van der Waals surface area contributed by atoms with Crippen LogP contribution in [-0.4, -0.2) is 16.3 Å². The maximum atomic E-state index is 7.02. The molecule has 0 saturated heterocycles. The molecule has 0 fully saturated rings. The van der Waals surface area contributed by atoms with Crippen molar-refractivity contribution in [3.05, 3.63) is 0 Å². The Kier molecular flexibility index (Phi) is 5.28. The Hall–Kier alpha value is 0.380. The molecule has 0 spiro atoms. The monoisotopic (exact) mass is 277 g/mol.